The molecule has 0 aliphatic rings. The van der Waals surface area contributed by atoms with E-state index < -0.39 is 0 Å². The maximum Gasteiger partial charge on any atom is 0.160 e. The molecule has 13 rings (SSSR count). The molecule has 0 unspecified atom stereocenters. The Hall–Kier alpha value is -9.25. The van der Waals surface area contributed by atoms with Crippen molar-refractivity contribution >= 4 is 43.6 Å². The Morgan fingerprint density at radius 1 is 0.261 bits per heavy atom. The van der Waals surface area contributed by atoms with Crippen LogP contribution in [0.4, 0.5) is 0 Å². The van der Waals surface area contributed by atoms with Crippen LogP contribution in [0.15, 0.2) is 253 Å². The zero-order valence-electron chi connectivity index (χ0n) is 37.4. The molecule has 69 heavy (non-hydrogen) atoms. The van der Waals surface area contributed by atoms with Gasteiger partial charge in [-0.1, -0.05) is 212 Å². The van der Waals surface area contributed by atoms with Gasteiger partial charge in [0.1, 0.15) is 11.2 Å². The van der Waals surface area contributed by atoms with Crippen LogP contribution in [0, 0.1) is 0 Å². The highest BCUT2D eigenvalue weighted by Crippen LogP contribution is 2.46. The quantitative estimate of drug-likeness (QED) is 0.143. The SMILES string of the molecule is c1ccc(-c2ccc(-c3cc(-c4ccc(-c5ccccc5)cc4)nc(-c4cccc(-c5cccc(-c6nc7ccccc7c7c(-c8ccccc8)c8c(cc67)oc6ccccc68)c5)c4)n3)cc2)cc1. The summed E-state index contributed by atoms with van der Waals surface area (Å²) in [7, 11) is 0. The largest absolute Gasteiger partial charge is 0.456 e. The van der Waals surface area contributed by atoms with Gasteiger partial charge in [-0.25, -0.2) is 15.0 Å². The molecule has 0 amide bonds. The van der Waals surface area contributed by atoms with Gasteiger partial charge in [0.05, 0.1) is 22.6 Å². The number of benzene rings is 10. The van der Waals surface area contributed by atoms with Crippen LogP contribution >= 0.6 is 0 Å². The number of pyridine rings is 1. The molecule has 322 valence electrons. The smallest absolute Gasteiger partial charge is 0.160 e. The van der Waals surface area contributed by atoms with E-state index >= 15 is 0 Å². The maximum absolute atomic E-state index is 6.65. The Bertz CT molecular complexity index is 3930. The number of rotatable bonds is 8. The number of fused-ring (bicyclic) bond motifs is 6. The minimum absolute atomic E-state index is 0.658. The standard InChI is InChI=1S/C65H41N3O/c1-4-16-42(17-5-1)44-30-34-46(35-31-44)57-41-58(47-36-32-45(33-37-47)43-18-6-2-7-19-43)68-65(67-57)52-25-15-23-50(39-52)49-22-14-24-51(38-49)64-55-40-60-63(54-27-11-13-29-59(54)69-60)61(48-20-8-3-9-21-48)62(55)53-26-10-12-28-56(53)66-64/h1-41H. The first-order valence-corrected chi connectivity index (χ1v) is 23.3. The second-order valence-electron chi connectivity index (χ2n) is 17.5. The van der Waals surface area contributed by atoms with Gasteiger partial charge < -0.3 is 4.42 Å². The van der Waals surface area contributed by atoms with Crippen LogP contribution in [-0.2, 0) is 0 Å². The minimum Gasteiger partial charge on any atom is -0.456 e. The zero-order valence-corrected chi connectivity index (χ0v) is 37.4. The maximum atomic E-state index is 6.65. The molecule has 10 aromatic carbocycles. The lowest BCUT2D eigenvalue weighted by Gasteiger charge is -2.16. The number of furan rings is 1. The monoisotopic (exact) mass is 879 g/mol. The van der Waals surface area contributed by atoms with Gasteiger partial charge in [0.15, 0.2) is 5.82 Å². The molecule has 0 saturated carbocycles. The molecule has 3 heterocycles. The van der Waals surface area contributed by atoms with Gasteiger partial charge in [0.2, 0.25) is 0 Å². The molecule has 0 saturated heterocycles. The molecule has 13 aromatic rings. The second-order valence-corrected chi connectivity index (χ2v) is 17.5. The summed E-state index contributed by atoms with van der Waals surface area (Å²) in [4.78, 5) is 16.0. The molecule has 0 atom stereocenters. The lowest BCUT2D eigenvalue weighted by atomic mass is 9.89. The number of hydrogen-bond donors (Lipinski definition) is 0. The molecule has 0 radical (unpaired) electrons. The lowest BCUT2D eigenvalue weighted by Crippen LogP contribution is -1.96. The van der Waals surface area contributed by atoms with Crippen LogP contribution in [0.5, 0.6) is 0 Å². The van der Waals surface area contributed by atoms with Crippen molar-refractivity contribution in [1.29, 1.82) is 0 Å². The predicted octanol–water partition coefficient (Wildman–Crippen LogP) is 17.4. The summed E-state index contributed by atoms with van der Waals surface area (Å²) in [5, 5.41) is 5.51. The van der Waals surface area contributed by atoms with Gasteiger partial charge in [-0.2, -0.15) is 0 Å². The van der Waals surface area contributed by atoms with Crippen molar-refractivity contribution in [3.8, 4) is 89.7 Å². The Balaban J connectivity index is 0.942. The zero-order chi connectivity index (χ0) is 45.7. The first-order chi connectivity index (χ1) is 34.2. The number of nitrogens with zero attached hydrogens (tertiary/aromatic N) is 3. The van der Waals surface area contributed by atoms with E-state index in [1.54, 1.807) is 0 Å². The average Bonchev–Trinajstić information content (AvgIpc) is 3.81. The molecular formula is C65H41N3O. The van der Waals surface area contributed by atoms with Gasteiger partial charge >= 0.3 is 0 Å². The normalized spacial score (nSPS) is 11.5. The summed E-state index contributed by atoms with van der Waals surface area (Å²) in [5.74, 6) is 0.658. The lowest BCUT2D eigenvalue weighted by molar-refractivity contribution is 0.669. The molecule has 0 aliphatic carbocycles. The third kappa shape index (κ3) is 7.32. The third-order valence-corrected chi connectivity index (χ3v) is 13.3. The fraction of sp³-hybridized carbons (Fsp3) is 0. The van der Waals surface area contributed by atoms with E-state index in [4.69, 9.17) is 19.4 Å². The molecule has 3 aromatic heterocycles. The first kappa shape index (κ1) is 40.1. The Kier molecular flexibility index (Phi) is 9.80. The van der Waals surface area contributed by atoms with Gasteiger partial charge in [0, 0.05) is 54.7 Å². The molecule has 4 nitrogen and oxygen atoms in total. The summed E-state index contributed by atoms with van der Waals surface area (Å²) < 4.78 is 6.65. The van der Waals surface area contributed by atoms with Crippen molar-refractivity contribution in [2.75, 3.05) is 0 Å². The summed E-state index contributed by atoms with van der Waals surface area (Å²) in [6.07, 6.45) is 0. The molecule has 4 heteroatoms. The Morgan fingerprint density at radius 3 is 1.35 bits per heavy atom. The Labute approximate surface area is 399 Å². The summed E-state index contributed by atoms with van der Waals surface area (Å²) in [6, 6.07) is 87.4. The van der Waals surface area contributed by atoms with Crippen LogP contribution in [0.2, 0.25) is 0 Å². The van der Waals surface area contributed by atoms with Crippen LogP contribution in [-0.4, -0.2) is 15.0 Å². The topological polar surface area (TPSA) is 51.8 Å². The number of hydrogen-bond acceptors (Lipinski definition) is 4. The molecule has 0 spiro atoms. The fourth-order valence-corrected chi connectivity index (χ4v) is 9.91. The highest BCUT2D eigenvalue weighted by molar-refractivity contribution is 6.27. The van der Waals surface area contributed by atoms with E-state index in [1.807, 2.05) is 18.2 Å². The van der Waals surface area contributed by atoms with Crippen molar-refractivity contribution in [2.45, 2.75) is 0 Å². The fourth-order valence-electron chi connectivity index (χ4n) is 9.91. The molecule has 0 N–H and O–H groups in total. The van der Waals surface area contributed by atoms with E-state index in [1.165, 1.54) is 11.1 Å². The van der Waals surface area contributed by atoms with E-state index in [9.17, 15) is 0 Å². The number of aromatic nitrogens is 3. The second kappa shape index (κ2) is 16.9. The van der Waals surface area contributed by atoms with Crippen LogP contribution in [0.1, 0.15) is 0 Å². The van der Waals surface area contributed by atoms with Gasteiger partial charge in [-0.15, -0.1) is 0 Å². The average molecular weight is 880 g/mol. The van der Waals surface area contributed by atoms with E-state index in [2.05, 4.69) is 231 Å². The van der Waals surface area contributed by atoms with Crippen molar-refractivity contribution in [3.63, 3.8) is 0 Å². The molecule has 0 aliphatic heterocycles. The van der Waals surface area contributed by atoms with Crippen LogP contribution < -0.4 is 0 Å². The van der Waals surface area contributed by atoms with E-state index in [0.717, 1.165) is 116 Å². The van der Waals surface area contributed by atoms with Crippen molar-refractivity contribution in [1.82, 2.24) is 15.0 Å². The van der Waals surface area contributed by atoms with Crippen molar-refractivity contribution in [2.24, 2.45) is 0 Å². The van der Waals surface area contributed by atoms with Crippen molar-refractivity contribution < 1.29 is 4.42 Å². The molecule has 0 bridgehead atoms. The van der Waals surface area contributed by atoms with Crippen LogP contribution in [0.3, 0.4) is 0 Å². The Morgan fingerprint density at radius 2 is 0.725 bits per heavy atom. The highest BCUT2D eigenvalue weighted by Gasteiger charge is 2.22. The first-order valence-electron chi connectivity index (χ1n) is 23.3. The summed E-state index contributed by atoms with van der Waals surface area (Å²) in [5.41, 5.74) is 18.3. The minimum atomic E-state index is 0.658. The summed E-state index contributed by atoms with van der Waals surface area (Å²) in [6.45, 7) is 0. The van der Waals surface area contributed by atoms with Crippen LogP contribution in [0.25, 0.3) is 133 Å². The van der Waals surface area contributed by atoms with Gasteiger partial charge in [0.25, 0.3) is 0 Å². The third-order valence-electron chi connectivity index (χ3n) is 13.3. The van der Waals surface area contributed by atoms with Crippen molar-refractivity contribution in [3.05, 3.63) is 249 Å². The molecular weight excluding hydrogens is 839 g/mol. The predicted molar refractivity (Wildman–Crippen MR) is 286 cm³/mol. The van der Waals surface area contributed by atoms with E-state index in [-0.39, 0.29) is 0 Å². The van der Waals surface area contributed by atoms with E-state index in [0.29, 0.717) is 5.82 Å². The molecule has 0 fully saturated rings. The summed E-state index contributed by atoms with van der Waals surface area (Å²) >= 11 is 0. The highest BCUT2D eigenvalue weighted by atomic mass is 16.3. The number of para-hydroxylation sites is 2. The van der Waals surface area contributed by atoms with Gasteiger partial charge in [-0.3, -0.25) is 0 Å². The van der Waals surface area contributed by atoms with Gasteiger partial charge in [-0.05, 0) is 75.3 Å².